The van der Waals surface area contributed by atoms with E-state index in [0.29, 0.717) is 28.5 Å². The fraction of sp³-hybridized carbons (Fsp3) is 0.586. The Morgan fingerprint density at radius 2 is 1.43 bits per heavy atom. The van der Waals surface area contributed by atoms with Crippen molar-refractivity contribution >= 4 is 39.1 Å². The molecular formula is C58H77BN2SSi. The van der Waals surface area contributed by atoms with Crippen LogP contribution in [0.1, 0.15) is 141 Å². The molecule has 0 radical (unpaired) electrons. The standard InChI is InChI=1S/C58H77BN2SSi/c1-34-27-46-50-47(28-34)61(44-21-17-36(54(5,6)7)30-49(44)63-16)51-38-29-35(53(2,3)4)18-22-48(38)62-52(51)59(50)43-32-41-42(58(14,15)26-25-57(41,12)13)33-45(43)60(46)37-19-20-39-40(31-37)56(10,11)24-23-55(39,8)9/h18-20,22,27-33,38-40,44,46,48-50H,23-26,63H2,1-16H3/t38?,39?,40-,44?,46?,48?,49?,50?/m1/s1. The summed E-state index contributed by atoms with van der Waals surface area (Å²) in [5, 5.41) is 0.388. The van der Waals surface area contributed by atoms with Crippen LogP contribution in [-0.2, 0) is 10.8 Å². The number of benzene rings is 1. The summed E-state index contributed by atoms with van der Waals surface area (Å²) < 4.78 is 0. The van der Waals surface area contributed by atoms with E-state index in [0.717, 1.165) is 0 Å². The Kier molecular flexibility index (Phi) is 9.89. The maximum absolute atomic E-state index is 4.08. The zero-order valence-corrected chi connectivity index (χ0v) is 44.1. The highest BCUT2D eigenvalue weighted by Gasteiger charge is 2.59. The summed E-state index contributed by atoms with van der Waals surface area (Å²) in [4.78, 5) is 7.43. The Bertz CT molecular complexity index is 2490. The molecule has 6 aliphatic carbocycles. The van der Waals surface area contributed by atoms with Gasteiger partial charge in [-0.3, -0.25) is 0 Å². The highest BCUT2D eigenvalue weighted by Crippen LogP contribution is 2.62. The monoisotopic (exact) mass is 873 g/mol. The van der Waals surface area contributed by atoms with Gasteiger partial charge in [0, 0.05) is 54.9 Å². The van der Waals surface area contributed by atoms with Gasteiger partial charge in [0.05, 0.1) is 12.1 Å². The number of allylic oxidation sites excluding steroid dienone is 9. The van der Waals surface area contributed by atoms with Crippen LogP contribution in [0.25, 0.3) is 0 Å². The second-order valence-corrected chi connectivity index (χ2v) is 29.1. The van der Waals surface area contributed by atoms with Crippen LogP contribution >= 0.6 is 11.8 Å². The second-order valence-electron chi connectivity index (χ2n) is 26.1. The lowest BCUT2D eigenvalue weighted by Crippen LogP contribution is -2.61. The number of hydrogen-bond donors (Lipinski definition) is 0. The molecule has 3 aliphatic heterocycles. The maximum atomic E-state index is 4.08. The first-order valence-electron chi connectivity index (χ1n) is 24.9. The van der Waals surface area contributed by atoms with Gasteiger partial charge in [0.15, 0.2) is 0 Å². The van der Waals surface area contributed by atoms with Gasteiger partial charge in [0.25, 0.3) is 0 Å². The third-order valence-electron chi connectivity index (χ3n) is 17.9. The van der Waals surface area contributed by atoms with Crippen molar-refractivity contribution in [3.63, 3.8) is 0 Å². The number of fused-ring (bicyclic) bond motifs is 7. The summed E-state index contributed by atoms with van der Waals surface area (Å²) in [5.74, 6) is 9.55. The Morgan fingerprint density at radius 3 is 2.08 bits per heavy atom. The largest absolute Gasteiger partial charge is 0.335 e. The number of rotatable bonds is 3. The SMILES string of the molecule is C[SiH2]C1C=C(C(C)(C)C)C#CC1N1C2=CC(C)=CC3C2B(C2=C1C1C=C(C(C)(C)C)C=CC1S2)c1cc2c(cc1N3C1=C[C@@H]3C(C=C1)C(C)(C)CCC3(C)C)C(C)(C)CCC2(C)C. The van der Waals surface area contributed by atoms with Crippen LogP contribution in [0.2, 0.25) is 17.9 Å². The molecule has 1 saturated carbocycles. The molecule has 9 aliphatic rings. The third kappa shape index (κ3) is 6.77. The highest BCUT2D eigenvalue weighted by atomic mass is 32.2. The number of nitrogens with zero attached hydrogens (tertiary/aromatic N) is 2. The smallest absolute Gasteiger partial charge is 0.234 e. The Balaban J connectivity index is 1.26. The quantitative estimate of drug-likeness (QED) is 0.221. The van der Waals surface area contributed by atoms with Crippen molar-refractivity contribution in [1.29, 1.82) is 0 Å². The fourth-order valence-corrected chi connectivity index (χ4v) is 16.4. The Labute approximate surface area is 390 Å². The van der Waals surface area contributed by atoms with Gasteiger partial charge in [-0.2, -0.15) is 0 Å². The maximum Gasteiger partial charge on any atom is 0.234 e. The lowest BCUT2D eigenvalue weighted by molar-refractivity contribution is 0.0326. The van der Waals surface area contributed by atoms with Crippen LogP contribution < -0.4 is 10.4 Å². The second kappa shape index (κ2) is 14.2. The van der Waals surface area contributed by atoms with E-state index in [1.165, 1.54) is 59.5 Å². The van der Waals surface area contributed by atoms with Crippen LogP contribution in [0.5, 0.6) is 0 Å². The average molecular weight is 873 g/mol. The van der Waals surface area contributed by atoms with E-state index in [1.54, 1.807) is 27.1 Å². The van der Waals surface area contributed by atoms with E-state index in [-0.39, 0.29) is 57.1 Å². The van der Waals surface area contributed by atoms with Crippen LogP contribution in [-0.4, -0.2) is 38.5 Å². The molecule has 63 heavy (non-hydrogen) atoms. The van der Waals surface area contributed by atoms with Gasteiger partial charge in [-0.1, -0.05) is 169 Å². The van der Waals surface area contributed by atoms with Crippen molar-refractivity contribution in [3.8, 4) is 11.8 Å². The zero-order valence-electron chi connectivity index (χ0n) is 41.9. The summed E-state index contributed by atoms with van der Waals surface area (Å²) in [5.41, 5.74) is 16.3. The molecule has 10 rings (SSSR count). The predicted molar refractivity (Wildman–Crippen MR) is 278 cm³/mol. The van der Waals surface area contributed by atoms with Gasteiger partial charge < -0.3 is 9.80 Å². The number of hydrogen-bond acceptors (Lipinski definition) is 3. The van der Waals surface area contributed by atoms with Gasteiger partial charge in [-0.15, -0.1) is 11.8 Å². The molecule has 1 fully saturated rings. The Hall–Kier alpha value is -3.07. The lowest BCUT2D eigenvalue weighted by atomic mass is 9.30. The van der Waals surface area contributed by atoms with Crippen LogP contribution in [0, 0.1) is 51.3 Å². The van der Waals surface area contributed by atoms with Gasteiger partial charge in [-0.25, -0.2) is 0 Å². The van der Waals surface area contributed by atoms with Gasteiger partial charge in [0.2, 0.25) is 6.71 Å². The van der Waals surface area contributed by atoms with Gasteiger partial charge >= 0.3 is 0 Å². The lowest BCUT2D eigenvalue weighted by Gasteiger charge is -2.57. The predicted octanol–water partition coefficient (Wildman–Crippen LogP) is 13.4. The molecule has 0 bridgehead atoms. The van der Waals surface area contributed by atoms with Crippen molar-refractivity contribution in [2.45, 2.75) is 176 Å². The minimum atomic E-state index is -0.455. The topological polar surface area (TPSA) is 6.48 Å². The molecule has 7 unspecified atom stereocenters. The first-order chi connectivity index (χ1) is 29.3. The summed E-state index contributed by atoms with van der Waals surface area (Å²) in [6.07, 6.45) is 28.7. The summed E-state index contributed by atoms with van der Waals surface area (Å²) >= 11 is 2.21. The molecule has 0 spiro atoms. The molecule has 8 atom stereocenters. The summed E-state index contributed by atoms with van der Waals surface area (Å²) in [6, 6.07) is 5.85. The van der Waals surface area contributed by atoms with Crippen molar-refractivity contribution in [2.75, 3.05) is 4.90 Å². The average Bonchev–Trinajstić information content (AvgIpc) is 3.58. The van der Waals surface area contributed by atoms with Gasteiger partial charge in [0.1, 0.15) is 0 Å². The normalized spacial score (nSPS) is 34.0. The van der Waals surface area contributed by atoms with Crippen molar-refractivity contribution in [1.82, 2.24) is 4.90 Å². The number of thioether (sulfide) groups is 1. The molecule has 0 N–H and O–H groups in total. The number of anilines is 1. The van der Waals surface area contributed by atoms with Crippen LogP contribution in [0.15, 0.2) is 105 Å². The van der Waals surface area contributed by atoms with Crippen molar-refractivity contribution < 1.29 is 0 Å². The molecule has 0 aromatic heterocycles. The molecule has 2 nitrogen and oxygen atoms in total. The molecule has 0 amide bonds. The highest BCUT2D eigenvalue weighted by molar-refractivity contribution is 8.06. The summed E-state index contributed by atoms with van der Waals surface area (Å²) in [6.45, 7) is 39.7. The van der Waals surface area contributed by atoms with E-state index >= 15 is 0 Å². The first-order valence-corrected chi connectivity index (χ1v) is 28.1. The molecule has 3 heterocycles. The molecule has 332 valence electrons. The van der Waals surface area contributed by atoms with Crippen molar-refractivity contribution in [3.05, 3.63) is 117 Å². The first kappa shape index (κ1) is 43.8. The van der Waals surface area contributed by atoms with E-state index in [2.05, 4.69) is 211 Å². The molecule has 5 heteroatoms. The minimum absolute atomic E-state index is 0.0516. The zero-order chi connectivity index (χ0) is 45.1. The van der Waals surface area contributed by atoms with E-state index in [1.807, 2.05) is 0 Å². The van der Waals surface area contributed by atoms with Crippen molar-refractivity contribution in [2.24, 2.45) is 39.4 Å². The minimum Gasteiger partial charge on any atom is -0.335 e. The fourth-order valence-electron chi connectivity index (χ4n) is 13.5. The Morgan fingerprint density at radius 1 is 0.762 bits per heavy atom. The summed E-state index contributed by atoms with van der Waals surface area (Å²) in [7, 11) is -0.455. The molecule has 1 aromatic carbocycles. The van der Waals surface area contributed by atoms with Crippen LogP contribution in [0.3, 0.4) is 0 Å². The molecular weight excluding hydrogens is 796 g/mol. The van der Waals surface area contributed by atoms with Crippen LogP contribution in [0.4, 0.5) is 5.69 Å². The third-order valence-corrected chi connectivity index (χ3v) is 20.9. The molecule has 1 aromatic rings. The molecule has 0 saturated heterocycles. The van der Waals surface area contributed by atoms with Gasteiger partial charge in [-0.05, 0) is 128 Å². The van der Waals surface area contributed by atoms with E-state index in [9.17, 15) is 0 Å². The van der Waals surface area contributed by atoms with E-state index < -0.39 is 9.52 Å². The van der Waals surface area contributed by atoms with E-state index in [4.69, 9.17) is 0 Å².